The number of aromatic nitrogens is 6. The van der Waals surface area contributed by atoms with E-state index in [-0.39, 0.29) is 11.8 Å². The van der Waals surface area contributed by atoms with E-state index >= 15 is 0 Å². The number of pyridine rings is 2. The lowest BCUT2D eigenvalue weighted by molar-refractivity contribution is -0.122. The van der Waals surface area contributed by atoms with Gasteiger partial charge in [0.1, 0.15) is 6.04 Å². The van der Waals surface area contributed by atoms with Crippen LogP contribution in [0.1, 0.15) is 49.0 Å². The third-order valence-corrected chi connectivity index (χ3v) is 5.95. The molecule has 0 aromatic carbocycles. The van der Waals surface area contributed by atoms with Gasteiger partial charge in [-0.1, -0.05) is 19.0 Å². The molecule has 34 heavy (non-hydrogen) atoms. The van der Waals surface area contributed by atoms with Crippen molar-refractivity contribution in [1.29, 1.82) is 0 Å². The number of carbonyl (C=O) groups is 1. The predicted octanol–water partition coefficient (Wildman–Crippen LogP) is 3.48. The minimum absolute atomic E-state index is 0.0656. The van der Waals surface area contributed by atoms with Crippen LogP contribution in [0.4, 0.5) is 0 Å². The van der Waals surface area contributed by atoms with Crippen LogP contribution in [0, 0.1) is 19.8 Å². The molecule has 1 amide bonds. The van der Waals surface area contributed by atoms with Crippen LogP contribution in [0.3, 0.4) is 0 Å². The molecule has 1 unspecified atom stereocenters. The van der Waals surface area contributed by atoms with Crippen molar-refractivity contribution in [2.24, 2.45) is 13.0 Å². The first-order chi connectivity index (χ1) is 16.3. The van der Waals surface area contributed by atoms with Crippen molar-refractivity contribution in [3.05, 3.63) is 47.2 Å². The lowest BCUT2D eigenvalue weighted by Crippen LogP contribution is -2.32. The SMILES string of the molecule is COc1nn(C)c2nc(C)c(CCC(=O)NC(c3nc(-c4ccncc4)no3)C(C)C)c(C)c12. The summed E-state index contributed by atoms with van der Waals surface area (Å²) < 4.78 is 12.6. The van der Waals surface area contributed by atoms with E-state index in [2.05, 4.69) is 25.5 Å². The second-order valence-corrected chi connectivity index (χ2v) is 8.61. The zero-order valence-corrected chi connectivity index (χ0v) is 20.3. The molecular formula is C24H29N7O3. The maximum absolute atomic E-state index is 12.9. The van der Waals surface area contributed by atoms with Gasteiger partial charge in [0, 0.05) is 37.1 Å². The van der Waals surface area contributed by atoms with Crippen molar-refractivity contribution in [2.75, 3.05) is 7.11 Å². The molecule has 4 heterocycles. The van der Waals surface area contributed by atoms with Gasteiger partial charge in [-0.2, -0.15) is 4.98 Å². The van der Waals surface area contributed by atoms with Gasteiger partial charge in [-0.25, -0.2) is 9.67 Å². The first-order valence-corrected chi connectivity index (χ1v) is 11.2. The minimum atomic E-state index is -0.392. The van der Waals surface area contributed by atoms with E-state index in [1.165, 1.54) is 0 Å². The molecule has 4 rings (SSSR count). The summed E-state index contributed by atoms with van der Waals surface area (Å²) in [5.74, 6) is 1.35. The van der Waals surface area contributed by atoms with Crippen LogP contribution >= 0.6 is 0 Å². The topological polar surface area (TPSA) is 121 Å². The minimum Gasteiger partial charge on any atom is -0.479 e. The lowest BCUT2D eigenvalue weighted by Gasteiger charge is -2.19. The first kappa shape index (κ1) is 23.3. The highest BCUT2D eigenvalue weighted by Crippen LogP contribution is 2.30. The van der Waals surface area contributed by atoms with E-state index < -0.39 is 6.04 Å². The third kappa shape index (κ3) is 4.48. The maximum atomic E-state index is 12.9. The number of nitrogens with zero attached hydrogens (tertiary/aromatic N) is 6. The van der Waals surface area contributed by atoms with Crippen molar-refractivity contribution in [1.82, 2.24) is 35.2 Å². The van der Waals surface area contributed by atoms with Gasteiger partial charge in [-0.15, -0.1) is 5.10 Å². The van der Waals surface area contributed by atoms with Gasteiger partial charge in [0.05, 0.1) is 12.5 Å². The van der Waals surface area contributed by atoms with Gasteiger partial charge in [-0.05, 0) is 49.4 Å². The Morgan fingerprint density at radius 3 is 2.62 bits per heavy atom. The summed E-state index contributed by atoms with van der Waals surface area (Å²) in [7, 11) is 3.44. The van der Waals surface area contributed by atoms with E-state index in [0.29, 0.717) is 30.4 Å². The Kier molecular flexibility index (Phi) is 6.58. The summed E-state index contributed by atoms with van der Waals surface area (Å²) in [6.45, 7) is 7.98. The molecule has 0 aliphatic heterocycles. The number of nitrogens with one attached hydrogen (secondary N) is 1. The second kappa shape index (κ2) is 9.58. The molecule has 0 aliphatic carbocycles. The van der Waals surface area contributed by atoms with Crippen LogP contribution in [-0.4, -0.2) is 42.9 Å². The zero-order chi connectivity index (χ0) is 24.4. The van der Waals surface area contributed by atoms with Gasteiger partial charge in [0.25, 0.3) is 0 Å². The molecule has 4 aromatic heterocycles. The number of carbonyl (C=O) groups excluding carboxylic acids is 1. The third-order valence-electron chi connectivity index (χ3n) is 5.95. The summed E-state index contributed by atoms with van der Waals surface area (Å²) in [6, 6.07) is 3.23. The van der Waals surface area contributed by atoms with E-state index in [1.807, 2.05) is 46.9 Å². The quantitative estimate of drug-likeness (QED) is 0.422. The average molecular weight is 464 g/mol. The van der Waals surface area contributed by atoms with Crippen LogP contribution in [0.2, 0.25) is 0 Å². The molecule has 0 bridgehead atoms. The highest BCUT2D eigenvalue weighted by Gasteiger charge is 2.25. The van der Waals surface area contributed by atoms with Crippen LogP contribution < -0.4 is 10.1 Å². The van der Waals surface area contributed by atoms with Crippen LogP contribution in [0.5, 0.6) is 5.88 Å². The molecule has 0 spiro atoms. The molecule has 1 N–H and O–H groups in total. The Balaban J connectivity index is 1.50. The van der Waals surface area contributed by atoms with Crippen molar-refractivity contribution < 1.29 is 14.1 Å². The van der Waals surface area contributed by atoms with Crippen molar-refractivity contribution >= 4 is 16.9 Å². The van der Waals surface area contributed by atoms with Gasteiger partial charge < -0.3 is 14.6 Å². The monoisotopic (exact) mass is 463 g/mol. The summed E-state index contributed by atoms with van der Waals surface area (Å²) in [6.07, 6.45) is 4.18. The number of hydrogen-bond donors (Lipinski definition) is 1. The number of rotatable bonds is 8. The number of fused-ring (bicyclic) bond motifs is 1. The fourth-order valence-corrected chi connectivity index (χ4v) is 4.08. The lowest BCUT2D eigenvalue weighted by atomic mass is 9.99. The number of aryl methyl sites for hydroxylation is 3. The molecule has 178 valence electrons. The summed E-state index contributed by atoms with van der Waals surface area (Å²) in [5.41, 5.74) is 4.50. The molecule has 0 radical (unpaired) electrons. The normalized spacial score (nSPS) is 12.3. The van der Waals surface area contributed by atoms with Crippen molar-refractivity contribution in [2.45, 2.75) is 46.6 Å². The molecule has 0 saturated carbocycles. The summed E-state index contributed by atoms with van der Waals surface area (Å²) in [4.78, 5) is 26.1. The van der Waals surface area contributed by atoms with Crippen molar-refractivity contribution in [3.8, 4) is 17.3 Å². The Morgan fingerprint density at radius 2 is 1.94 bits per heavy atom. The fourth-order valence-electron chi connectivity index (χ4n) is 4.08. The van der Waals surface area contributed by atoms with Gasteiger partial charge in [-0.3, -0.25) is 9.78 Å². The molecule has 0 fully saturated rings. The molecule has 0 aliphatic rings. The Bertz CT molecular complexity index is 1310. The van der Waals surface area contributed by atoms with E-state index in [4.69, 9.17) is 14.2 Å². The Labute approximate surface area is 197 Å². The molecule has 4 aromatic rings. The standard InChI is InChI=1S/C24H29N7O3/c1-13(2)20(24-28-21(30-34-24)16-9-11-25-12-10-16)27-18(32)8-7-17-14(3)19-22(26-15(17)4)31(5)29-23(19)33-6/h9-13,20H,7-8H2,1-6H3,(H,27,32). The first-order valence-electron chi connectivity index (χ1n) is 11.2. The smallest absolute Gasteiger partial charge is 0.249 e. The highest BCUT2D eigenvalue weighted by molar-refractivity contribution is 5.86. The molecule has 10 heteroatoms. The van der Waals surface area contributed by atoms with Gasteiger partial charge >= 0.3 is 0 Å². The molecule has 0 saturated heterocycles. The molecular weight excluding hydrogens is 434 g/mol. The maximum Gasteiger partial charge on any atom is 0.249 e. The van der Waals surface area contributed by atoms with E-state index in [1.54, 1.807) is 24.2 Å². The average Bonchev–Trinajstić information content (AvgIpc) is 3.42. The number of amides is 1. The van der Waals surface area contributed by atoms with Crippen LogP contribution in [-0.2, 0) is 18.3 Å². The molecule has 10 nitrogen and oxygen atoms in total. The highest BCUT2D eigenvalue weighted by atomic mass is 16.5. The number of ether oxygens (including phenoxy) is 1. The summed E-state index contributed by atoms with van der Waals surface area (Å²) >= 11 is 0. The van der Waals surface area contributed by atoms with Crippen molar-refractivity contribution in [3.63, 3.8) is 0 Å². The van der Waals surface area contributed by atoms with Gasteiger partial charge in [0.2, 0.25) is 23.5 Å². The van der Waals surface area contributed by atoms with E-state index in [0.717, 1.165) is 33.4 Å². The number of hydrogen-bond acceptors (Lipinski definition) is 8. The predicted molar refractivity (Wildman–Crippen MR) is 126 cm³/mol. The second-order valence-electron chi connectivity index (χ2n) is 8.61. The van der Waals surface area contributed by atoms with E-state index in [9.17, 15) is 4.79 Å². The molecule has 1 atom stereocenters. The zero-order valence-electron chi connectivity index (χ0n) is 20.3. The van der Waals surface area contributed by atoms with Crippen LogP contribution in [0.15, 0.2) is 29.0 Å². The Morgan fingerprint density at radius 1 is 1.21 bits per heavy atom. The fraction of sp³-hybridized carbons (Fsp3) is 0.417. The number of methoxy groups -OCH3 is 1. The Hall–Kier alpha value is -3.82. The van der Waals surface area contributed by atoms with Gasteiger partial charge in [0.15, 0.2) is 5.65 Å². The summed E-state index contributed by atoms with van der Waals surface area (Å²) in [5, 5.41) is 12.4. The van der Waals surface area contributed by atoms with Crippen LogP contribution in [0.25, 0.3) is 22.4 Å². The largest absolute Gasteiger partial charge is 0.479 e.